The summed E-state index contributed by atoms with van der Waals surface area (Å²) >= 11 is 0. The van der Waals surface area contributed by atoms with E-state index in [2.05, 4.69) is 37.4 Å². The second kappa shape index (κ2) is 6.89. The fourth-order valence-corrected chi connectivity index (χ4v) is 2.69. The fraction of sp³-hybridized carbons (Fsp3) is 0.588. The molecule has 1 aliphatic heterocycles. The van der Waals surface area contributed by atoms with Crippen LogP contribution in [0.3, 0.4) is 0 Å². The van der Waals surface area contributed by atoms with Gasteiger partial charge >= 0.3 is 0 Å². The minimum absolute atomic E-state index is 0.0745. The first-order chi connectivity index (χ1) is 9.58. The molecule has 0 aliphatic carbocycles. The predicted molar refractivity (Wildman–Crippen MR) is 80.5 cm³/mol. The van der Waals surface area contributed by atoms with Gasteiger partial charge < -0.3 is 10.1 Å². The summed E-state index contributed by atoms with van der Waals surface area (Å²) in [6.07, 6.45) is 2.00. The van der Waals surface area contributed by atoms with Crippen LogP contribution in [0.2, 0.25) is 0 Å². The largest absolute Gasteiger partial charge is 0.381 e. The second-order valence-corrected chi connectivity index (χ2v) is 5.87. The number of rotatable bonds is 4. The van der Waals surface area contributed by atoms with Crippen LogP contribution < -0.4 is 5.32 Å². The monoisotopic (exact) mass is 275 g/mol. The molecule has 0 spiro atoms. The molecule has 1 fully saturated rings. The lowest BCUT2D eigenvalue weighted by Gasteiger charge is -2.27. The van der Waals surface area contributed by atoms with Gasteiger partial charge in [-0.25, -0.2) is 0 Å². The Morgan fingerprint density at radius 3 is 2.65 bits per heavy atom. The number of nitrogens with one attached hydrogen (secondary N) is 1. The van der Waals surface area contributed by atoms with Gasteiger partial charge in [0.15, 0.2) is 0 Å². The molecule has 1 N–H and O–H groups in total. The van der Waals surface area contributed by atoms with Gasteiger partial charge in [-0.1, -0.05) is 25.1 Å². The van der Waals surface area contributed by atoms with Crippen molar-refractivity contribution in [2.24, 2.45) is 11.8 Å². The molecule has 1 aromatic carbocycles. The number of carbonyl (C=O) groups excluding carboxylic acids is 1. The van der Waals surface area contributed by atoms with E-state index in [-0.39, 0.29) is 11.8 Å². The minimum Gasteiger partial charge on any atom is -0.381 e. The van der Waals surface area contributed by atoms with Gasteiger partial charge in [0.25, 0.3) is 0 Å². The SMILES string of the molecule is Cc1ccc(CNC(=O)C(C)C2CCOCC2)cc1C. The van der Waals surface area contributed by atoms with Crippen LogP contribution in [-0.4, -0.2) is 19.1 Å². The first kappa shape index (κ1) is 15.0. The van der Waals surface area contributed by atoms with E-state index in [0.29, 0.717) is 12.5 Å². The summed E-state index contributed by atoms with van der Waals surface area (Å²) in [7, 11) is 0. The van der Waals surface area contributed by atoms with Crippen LogP contribution in [0.5, 0.6) is 0 Å². The maximum absolute atomic E-state index is 12.2. The Hall–Kier alpha value is -1.35. The number of carbonyl (C=O) groups is 1. The number of hydrogen-bond donors (Lipinski definition) is 1. The summed E-state index contributed by atoms with van der Waals surface area (Å²) in [5.74, 6) is 0.698. The fourth-order valence-electron chi connectivity index (χ4n) is 2.69. The zero-order valence-electron chi connectivity index (χ0n) is 12.7. The van der Waals surface area contributed by atoms with E-state index < -0.39 is 0 Å². The molecule has 0 saturated carbocycles. The third-order valence-corrected chi connectivity index (χ3v) is 4.42. The molecule has 1 atom stereocenters. The summed E-state index contributed by atoms with van der Waals surface area (Å²) in [6.45, 7) is 8.44. The highest BCUT2D eigenvalue weighted by molar-refractivity contribution is 5.78. The molecule has 0 aromatic heterocycles. The molecule has 0 bridgehead atoms. The lowest BCUT2D eigenvalue weighted by atomic mass is 9.87. The molecule has 2 rings (SSSR count). The zero-order valence-corrected chi connectivity index (χ0v) is 12.7. The second-order valence-electron chi connectivity index (χ2n) is 5.87. The lowest BCUT2D eigenvalue weighted by molar-refractivity contribution is -0.127. The van der Waals surface area contributed by atoms with E-state index in [1.165, 1.54) is 16.7 Å². The molecule has 3 nitrogen and oxygen atoms in total. The van der Waals surface area contributed by atoms with Crippen LogP contribution in [-0.2, 0) is 16.1 Å². The van der Waals surface area contributed by atoms with Crippen LogP contribution >= 0.6 is 0 Å². The Bertz CT molecular complexity index is 464. The van der Waals surface area contributed by atoms with Gasteiger partial charge in [0.1, 0.15) is 0 Å². The highest BCUT2D eigenvalue weighted by Gasteiger charge is 2.25. The molecular formula is C17H25NO2. The molecule has 1 heterocycles. The molecule has 0 radical (unpaired) electrons. The third-order valence-electron chi connectivity index (χ3n) is 4.42. The van der Waals surface area contributed by atoms with Gasteiger partial charge in [0.2, 0.25) is 5.91 Å². The topological polar surface area (TPSA) is 38.3 Å². The number of hydrogen-bond acceptors (Lipinski definition) is 2. The van der Waals surface area contributed by atoms with Crippen LogP contribution in [0.15, 0.2) is 18.2 Å². The smallest absolute Gasteiger partial charge is 0.223 e. The number of ether oxygens (including phenoxy) is 1. The van der Waals surface area contributed by atoms with Crippen molar-refractivity contribution in [1.82, 2.24) is 5.32 Å². The van der Waals surface area contributed by atoms with Gasteiger partial charge in [-0.15, -0.1) is 0 Å². The van der Waals surface area contributed by atoms with E-state index in [4.69, 9.17) is 4.74 Å². The minimum atomic E-state index is 0.0745. The molecule has 1 saturated heterocycles. The van der Waals surface area contributed by atoms with Crippen molar-refractivity contribution < 1.29 is 9.53 Å². The van der Waals surface area contributed by atoms with Crippen molar-refractivity contribution in [2.75, 3.05) is 13.2 Å². The molecule has 1 unspecified atom stereocenters. The molecule has 3 heteroatoms. The first-order valence-corrected chi connectivity index (χ1v) is 7.49. The average Bonchev–Trinajstić information content (AvgIpc) is 2.48. The Labute approximate surface area is 121 Å². The zero-order chi connectivity index (χ0) is 14.5. The van der Waals surface area contributed by atoms with E-state index in [9.17, 15) is 4.79 Å². The molecule has 20 heavy (non-hydrogen) atoms. The molecule has 1 amide bonds. The van der Waals surface area contributed by atoms with Crippen molar-refractivity contribution in [1.29, 1.82) is 0 Å². The summed E-state index contributed by atoms with van der Waals surface area (Å²) in [5.41, 5.74) is 3.73. The highest BCUT2D eigenvalue weighted by atomic mass is 16.5. The van der Waals surface area contributed by atoms with E-state index in [0.717, 1.165) is 26.1 Å². The van der Waals surface area contributed by atoms with Crippen molar-refractivity contribution in [3.8, 4) is 0 Å². The van der Waals surface area contributed by atoms with Crippen molar-refractivity contribution in [2.45, 2.75) is 40.2 Å². The maximum Gasteiger partial charge on any atom is 0.223 e. The van der Waals surface area contributed by atoms with Gasteiger partial charge in [-0.3, -0.25) is 4.79 Å². The van der Waals surface area contributed by atoms with Crippen LogP contribution in [0, 0.1) is 25.7 Å². The van der Waals surface area contributed by atoms with E-state index >= 15 is 0 Å². The Kier molecular flexibility index (Phi) is 5.18. The number of amides is 1. The lowest BCUT2D eigenvalue weighted by Crippen LogP contribution is -2.35. The Morgan fingerprint density at radius 2 is 2.00 bits per heavy atom. The summed E-state index contributed by atoms with van der Waals surface area (Å²) in [5, 5.41) is 3.06. The summed E-state index contributed by atoms with van der Waals surface area (Å²) in [4.78, 5) is 12.2. The van der Waals surface area contributed by atoms with Crippen molar-refractivity contribution in [3.63, 3.8) is 0 Å². The number of aryl methyl sites for hydroxylation is 2. The Morgan fingerprint density at radius 1 is 1.30 bits per heavy atom. The van der Waals surface area contributed by atoms with Crippen LogP contribution in [0.1, 0.15) is 36.5 Å². The summed E-state index contributed by atoms with van der Waals surface area (Å²) < 4.78 is 5.35. The van der Waals surface area contributed by atoms with Crippen molar-refractivity contribution >= 4 is 5.91 Å². The van der Waals surface area contributed by atoms with Gasteiger partial charge in [0.05, 0.1) is 0 Å². The number of benzene rings is 1. The van der Waals surface area contributed by atoms with E-state index in [1.807, 2.05) is 6.92 Å². The van der Waals surface area contributed by atoms with Crippen LogP contribution in [0.4, 0.5) is 0 Å². The molecule has 1 aromatic rings. The van der Waals surface area contributed by atoms with E-state index in [1.54, 1.807) is 0 Å². The maximum atomic E-state index is 12.2. The predicted octanol–water partition coefficient (Wildman–Crippen LogP) is 2.98. The quantitative estimate of drug-likeness (QED) is 0.917. The molecule has 110 valence electrons. The third kappa shape index (κ3) is 3.83. The standard InChI is InChI=1S/C17H25NO2/c1-12-4-5-15(10-13(12)2)11-18-17(19)14(3)16-6-8-20-9-7-16/h4-5,10,14,16H,6-9,11H2,1-3H3,(H,18,19). The first-order valence-electron chi connectivity index (χ1n) is 7.49. The van der Waals surface area contributed by atoms with Gasteiger partial charge in [0, 0.05) is 25.7 Å². The molecular weight excluding hydrogens is 250 g/mol. The van der Waals surface area contributed by atoms with Gasteiger partial charge in [-0.2, -0.15) is 0 Å². The average molecular weight is 275 g/mol. The molecule has 1 aliphatic rings. The normalized spacial score (nSPS) is 17.8. The van der Waals surface area contributed by atoms with Gasteiger partial charge in [-0.05, 0) is 49.3 Å². The Balaban J connectivity index is 1.86. The van der Waals surface area contributed by atoms with Crippen molar-refractivity contribution in [3.05, 3.63) is 34.9 Å². The highest BCUT2D eigenvalue weighted by Crippen LogP contribution is 2.23. The van der Waals surface area contributed by atoms with Crippen LogP contribution in [0.25, 0.3) is 0 Å². The summed E-state index contributed by atoms with van der Waals surface area (Å²) in [6, 6.07) is 6.34.